The fourth-order valence-corrected chi connectivity index (χ4v) is 1.19. The van der Waals surface area contributed by atoms with Crippen LogP contribution in [0.4, 0.5) is 0 Å². The Morgan fingerprint density at radius 1 is 1.50 bits per heavy atom. The van der Waals surface area contributed by atoms with Gasteiger partial charge in [-0.1, -0.05) is 19.4 Å². The molecule has 0 atom stereocenters. The summed E-state index contributed by atoms with van der Waals surface area (Å²) in [5.41, 5.74) is 0. The topological polar surface area (TPSA) is 36.3 Å². The summed E-state index contributed by atoms with van der Waals surface area (Å²) >= 11 is 0. The highest BCUT2D eigenvalue weighted by molar-refractivity contribution is 5.69. The molecule has 0 heterocycles. The number of hydrogen-bond donors (Lipinski definition) is 1. The van der Waals surface area contributed by atoms with E-state index in [9.17, 15) is 0 Å². The highest BCUT2D eigenvalue weighted by atomic mass is 16.5. The molecule has 0 bridgehead atoms. The van der Waals surface area contributed by atoms with Gasteiger partial charge in [0.15, 0.2) is 5.90 Å². The van der Waals surface area contributed by atoms with E-state index in [2.05, 4.69) is 18.4 Å². The van der Waals surface area contributed by atoms with Crippen molar-refractivity contribution in [1.82, 2.24) is 4.90 Å². The minimum Gasteiger partial charge on any atom is -0.480 e. The second-order valence-electron chi connectivity index (χ2n) is 3.35. The van der Waals surface area contributed by atoms with Crippen LogP contribution in [0.3, 0.4) is 0 Å². The fraction of sp³-hybridized carbons (Fsp3) is 0.727. The van der Waals surface area contributed by atoms with E-state index in [4.69, 9.17) is 10.1 Å². The molecule has 0 unspecified atom stereocenters. The summed E-state index contributed by atoms with van der Waals surface area (Å²) in [5, 5.41) is 7.12. The lowest BCUT2D eigenvalue weighted by molar-refractivity contribution is 0.211. The molecule has 0 aromatic rings. The fourth-order valence-electron chi connectivity index (χ4n) is 1.19. The third kappa shape index (κ3) is 7.80. The SMILES string of the molecule is C=CCN(CCCC)CCOC(C)=N. The number of ether oxygens (including phenoxy) is 1. The van der Waals surface area contributed by atoms with Crippen LogP contribution in [0, 0.1) is 5.41 Å². The van der Waals surface area contributed by atoms with Crippen LogP contribution in [0.5, 0.6) is 0 Å². The average molecular weight is 198 g/mol. The monoisotopic (exact) mass is 198 g/mol. The van der Waals surface area contributed by atoms with E-state index >= 15 is 0 Å². The molecule has 82 valence electrons. The molecule has 1 N–H and O–H groups in total. The Hall–Kier alpha value is -0.830. The van der Waals surface area contributed by atoms with Gasteiger partial charge in [-0.25, -0.2) is 0 Å². The van der Waals surface area contributed by atoms with Gasteiger partial charge in [0.25, 0.3) is 0 Å². The van der Waals surface area contributed by atoms with Gasteiger partial charge >= 0.3 is 0 Å². The van der Waals surface area contributed by atoms with Crippen LogP contribution in [-0.4, -0.2) is 37.0 Å². The van der Waals surface area contributed by atoms with Crippen molar-refractivity contribution < 1.29 is 4.74 Å². The Kier molecular flexibility index (Phi) is 8.24. The minimum atomic E-state index is 0.291. The van der Waals surface area contributed by atoms with E-state index < -0.39 is 0 Å². The van der Waals surface area contributed by atoms with Crippen molar-refractivity contribution in [3.05, 3.63) is 12.7 Å². The molecule has 3 nitrogen and oxygen atoms in total. The first-order valence-corrected chi connectivity index (χ1v) is 5.22. The zero-order chi connectivity index (χ0) is 10.8. The van der Waals surface area contributed by atoms with Gasteiger partial charge < -0.3 is 4.74 Å². The first-order valence-electron chi connectivity index (χ1n) is 5.22. The standard InChI is InChI=1S/C11H22N2O/c1-4-6-8-13(7-5-2)9-10-14-11(3)12/h5,12H,2,4,6-10H2,1,3H3. The predicted molar refractivity (Wildman–Crippen MR) is 60.9 cm³/mol. The van der Waals surface area contributed by atoms with Gasteiger partial charge in [-0.3, -0.25) is 10.3 Å². The zero-order valence-corrected chi connectivity index (χ0v) is 9.38. The highest BCUT2D eigenvalue weighted by Crippen LogP contribution is 1.95. The van der Waals surface area contributed by atoms with Gasteiger partial charge in [-0.05, 0) is 13.0 Å². The molecule has 0 radical (unpaired) electrons. The molecule has 0 amide bonds. The Morgan fingerprint density at radius 3 is 2.71 bits per heavy atom. The van der Waals surface area contributed by atoms with E-state index in [-0.39, 0.29) is 0 Å². The van der Waals surface area contributed by atoms with Crippen molar-refractivity contribution in [2.75, 3.05) is 26.2 Å². The first-order chi connectivity index (χ1) is 6.70. The first kappa shape index (κ1) is 13.2. The second kappa shape index (κ2) is 8.75. The molecule has 0 fully saturated rings. The van der Waals surface area contributed by atoms with Gasteiger partial charge in [0.1, 0.15) is 6.61 Å². The molecule has 3 heteroatoms. The number of unbranched alkanes of at least 4 members (excludes halogenated alkanes) is 1. The quantitative estimate of drug-likeness (QED) is 0.369. The molecule has 0 aliphatic heterocycles. The lowest BCUT2D eigenvalue weighted by Gasteiger charge is -2.19. The third-order valence-electron chi connectivity index (χ3n) is 1.94. The highest BCUT2D eigenvalue weighted by Gasteiger charge is 2.01. The van der Waals surface area contributed by atoms with Crippen molar-refractivity contribution in [3.63, 3.8) is 0 Å². The van der Waals surface area contributed by atoms with Crippen molar-refractivity contribution in [2.24, 2.45) is 0 Å². The number of nitrogens with zero attached hydrogens (tertiary/aromatic N) is 1. The molecular weight excluding hydrogens is 176 g/mol. The molecule has 0 saturated carbocycles. The van der Waals surface area contributed by atoms with Gasteiger partial charge in [0.2, 0.25) is 0 Å². The maximum absolute atomic E-state index is 7.12. The molecule has 0 aromatic heterocycles. The summed E-state index contributed by atoms with van der Waals surface area (Å²) in [6.45, 7) is 11.0. The van der Waals surface area contributed by atoms with E-state index in [0.717, 1.165) is 19.6 Å². The molecule has 0 spiro atoms. The predicted octanol–water partition coefficient (Wildman–Crippen LogP) is 2.29. The zero-order valence-electron chi connectivity index (χ0n) is 9.38. The van der Waals surface area contributed by atoms with Crippen LogP contribution >= 0.6 is 0 Å². The molecule has 14 heavy (non-hydrogen) atoms. The van der Waals surface area contributed by atoms with Crippen LogP contribution in [0.15, 0.2) is 12.7 Å². The van der Waals surface area contributed by atoms with Gasteiger partial charge in [0, 0.05) is 20.0 Å². The molecule has 0 saturated heterocycles. The lowest BCUT2D eigenvalue weighted by Crippen LogP contribution is -2.29. The van der Waals surface area contributed by atoms with E-state index in [1.54, 1.807) is 6.92 Å². The van der Waals surface area contributed by atoms with Crippen molar-refractivity contribution in [3.8, 4) is 0 Å². The van der Waals surface area contributed by atoms with Gasteiger partial charge in [-0.2, -0.15) is 0 Å². The van der Waals surface area contributed by atoms with E-state index in [0.29, 0.717) is 12.5 Å². The maximum atomic E-state index is 7.12. The van der Waals surface area contributed by atoms with Crippen molar-refractivity contribution >= 4 is 5.90 Å². The normalized spacial score (nSPS) is 10.2. The van der Waals surface area contributed by atoms with E-state index in [1.165, 1.54) is 12.8 Å². The molecular formula is C11H22N2O. The Balaban J connectivity index is 3.60. The Bertz CT molecular complexity index is 169. The van der Waals surface area contributed by atoms with Crippen molar-refractivity contribution in [2.45, 2.75) is 26.7 Å². The average Bonchev–Trinajstić information content (AvgIpc) is 2.13. The summed E-state index contributed by atoms with van der Waals surface area (Å²) in [5.74, 6) is 0.291. The Labute approximate surface area is 87.3 Å². The number of nitrogens with one attached hydrogen (secondary N) is 1. The van der Waals surface area contributed by atoms with Crippen LogP contribution in [0.2, 0.25) is 0 Å². The largest absolute Gasteiger partial charge is 0.480 e. The minimum absolute atomic E-state index is 0.291. The number of hydrogen-bond acceptors (Lipinski definition) is 3. The summed E-state index contributed by atoms with van der Waals surface area (Å²) in [7, 11) is 0. The Morgan fingerprint density at radius 2 is 2.21 bits per heavy atom. The van der Waals surface area contributed by atoms with Crippen LogP contribution in [-0.2, 0) is 4.74 Å². The van der Waals surface area contributed by atoms with Crippen LogP contribution in [0.1, 0.15) is 26.7 Å². The second-order valence-corrected chi connectivity index (χ2v) is 3.35. The number of rotatable bonds is 8. The summed E-state index contributed by atoms with van der Waals surface area (Å²) in [4.78, 5) is 2.29. The van der Waals surface area contributed by atoms with Crippen molar-refractivity contribution in [1.29, 1.82) is 5.41 Å². The van der Waals surface area contributed by atoms with Gasteiger partial charge in [-0.15, -0.1) is 6.58 Å². The maximum Gasteiger partial charge on any atom is 0.177 e. The molecule has 0 aliphatic carbocycles. The lowest BCUT2D eigenvalue weighted by atomic mass is 10.3. The third-order valence-corrected chi connectivity index (χ3v) is 1.94. The smallest absolute Gasteiger partial charge is 0.177 e. The summed E-state index contributed by atoms with van der Waals surface area (Å²) in [6, 6.07) is 0. The van der Waals surface area contributed by atoms with Crippen LogP contribution in [0.25, 0.3) is 0 Å². The molecule has 0 aromatic carbocycles. The van der Waals surface area contributed by atoms with Gasteiger partial charge in [0.05, 0.1) is 0 Å². The van der Waals surface area contributed by atoms with Crippen LogP contribution < -0.4 is 0 Å². The summed E-state index contributed by atoms with van der Waals surface area (Å²) < 4.78 is 5.11. The molecule has 0 rings (SSSR count). The molecule has 0 aliphatic rings. The van der Waals surface area contributed by atoms with E-state index in [1.807, 2.05) is 6.08 Å². The summed E-state index contributed by atoms with van der Waals surface area (Å²) in [6.07, 6.45) is 4.32.